The van der Waals surface area contributed by atoms with Crippen LogP contribution in [0.3, 0.4) is 0 Å². The van der Waals surface area contributed by atoms with Gasteiger partial charge < -0.3 is 61.7 Å². The average Bonchev–Trinajstić information content (AvgIpc) is 2.35. The SMILES string of the molecule is [C-]#Cc1cc(C#[C-])c(C#[C-])c(C#[C-])c1C#[C-]. The minimum absolute atomic E-state index is 0.0944. The molecular weight excluding hydrogens is 192 g/mol. The number of rotatable bonds is 0. The Morgan fingerprint density at radius 1 is 0.562 bits per heavy atom. The molecule has 70 valence electrons. The quantitative estimate of drug-likeness (QED) is 0.431. The van der Waals surface area contributed by atoms with E-state index in [-0.39, 0.29) is 27.8 Å². The third-order valence-electron chi connectivity index (χ3n) is 1.97. The second-order valence-corrected chi connectivity index (χ2v) is 2.72. The minimum Gasteiger partial charge on any atom is -0.369 e. The molecule has 0 unspecified atom stereocenters. The summed E-state index contributed by atoms with van der Waals surface area (Å²) >= 11 is 0. The first-order chi connectivity index (χ1) is 7.73. The van der Waals surface area contributed by atoms with Crippen LogP contribution < -0.4 is 0 Å². The maximum absolute atomic E-state index is 7.10. The van der Waals surface area contributed by atoms with Crippen molar-refractivity contribution in [3.05, 3.63) is 66.0 Å². The predicted molar refractivity (Wildman–Crippen MR) is 57.6 cm³/mol. The lowest BCUT2D eigenvalue weighted by Gasteiger charge is -2.37. The largest absolute Gasteiger partial charge is 0.369 e. The Morgan fingerprint density at radius 3 is 1.19 bits per heavy atom. The fourth-order valence-corrected chi connectivity index (χ4v) is 1.26. The van der Waals surface area contributed by atoms with E-state index in [4.69, 9.17) is 32.1 Å². The van der Waals surface area contributed by atoms with Gasteiger partial charge in [-0.15, -0.1) is 0 Å². The molecule has 0 bridgehead atoms. The lowest BCUT2D eigenvalue weighted by molar-refractivity contribution is 1.47. The van der Waals surface area contributed by atoms with E-state index >= 15 is 0 Å². The Kier molecular flexibility index (Phi) is 3.12. The van der Waals surface area contributed by atoms with Gasteiger partial charge in [-0.3, -0.25) is 16.7 Å². The molecule has 0 amide bonds. The summed E-state index contributed by atoms with van der Waals surface area (Å²) in [6.07, 6.45) is 35.3. The van der Waals surface area contributed by atoms with Crippen LogP contribution in [0.4, 0.5) is 0 Å². The van der Waals surface area contributed by atoms with E-state index in [1.54, 1.807) is 0 Å². The molecule has 16 heavy (non-hydrogen) atoms. The van der Waals surface area contributed by atoms with Gasteiger partial charge in [-0.05, 0) is 0 Å². The zero-order valence-corrected chi connectivity index (χ0v) is 8.08. The molecule has 0 aliphatic heterocycles. The summed E-state index contributed by atoms with van der Waals surface area (Å²) in [7, 11) is 0. The van der Waals surface area contributed by atoms with Gasteiger partial charge in [0.15, 0.2) is 0 Å². The number of hydrogen-bond acceptors (Lipinski definition) is 0. The van der Waals surface area contributed by atoms with Crippen molar-refractivity contribution in [2.45, 2.75) is 0 Å². The summed E-state index contributed by atoms with van der Waals surface area (Å²) in [5.74, 6) is 10.3. The molecule has 0 nitrogen and oxygen atoms in total. The van der Waals surface area contributed by atoms with Crippen molar-refractivity contribution in [3.63, 3.8) is 0 Å². The Balaban J connectivity index is 3.93. The molecule has 1 rings (SSSR count). The van der Waals surface area contributed by atoms with Gasteiger partial charge in [-0.1, -0.05) is 0 Å². The molecule has 0 aromatic heterocycles. The fraction of sp³-hybridized carbons (Fsp3) is 0. The second kappa shape index (κ2) is 4.50. The van der Waals surface area contributed by atoms with Crippen molar-refractivity contribution in [1.82, 2.24) is 0 Å². The molecule has 0 N–H and O–H groups in total. The van der Waals surface area contributed by atoms with Crippen LogP contribution >= 0.6 is 0 Å². The minimum atomic E-state index is 0.0944. The summed E-state index contributed by atoms with van der Waals surface area (Å²) < 4.78 is 0. The molecule has 0 aliphatic rings. The van der Waals surface area contributed by atoms with Crippen molar-refractivity contribution in [3.8, 4) is 29.6 Å². The van der Waals surface area contributed by atoms with E-state index in [0.717, 1.165) is 0 Å². The smallest absolute Gasteiger partial charge is 0.233 e. The zero-order valence-electron chi connectivity index (χ0n) is 8.08. The van der Waals surface area contributed by atoms with Gasteiger partial charge in [0.05, 0.1) is 0 Å². The van der Waals surface area contributed by atoms with Crippen LogP contribution in [-0.4, -0.2) is 0 Å². The van der Waals surface area contributed by atoms with Crippen LogP contribution in [-0.2, 0) is 0 Å². The normalized spacial score (nSPS) is 7.69. The highest BCUT2D eigenvalue weighted by Crippen LogP contribution is 2.21. The number of hydrogen-bond donors (Lipinski definition) is 0. The highest BCUT2D eigenvalue weighted by molar-refractivity contribution is 5.67. The van der Waals surface area contributed by atoms with Crippen molar-refractivity contribution < 1.29 is 0 Å². The van der Waals surface area contributed by atoms with Gasteiger partial charge in [0.25, 0.3) is 0 Å². The van der Waals surface area contributed by atoms with Crippen LogP contribution in [0.1, 0.15) is 27.8 Å². The lowest BCUT2D eigenvalue weighted by atomic mass is 9.93. The average molecular weight is 193 g/mol. The van der Waals surface area contributed by atoms with Gasteiger partial charge in [0.1, 0.15) is 0 Å². The zero-order chi connectivity index (χ0) is 12.1. The fourth-order valence-electron chi connectivity index (χ4n) is 1.26. The van der Waals surface area contributed by atoms with E-state index < -0.39 is 0 Å². The Labute approximate surface area is 96.1 Å². The summed E-state index contributed by atoms with van der Waals surface area (Å²) in [6, 6.07) is 1.37. The molecular formula is C16H-5. The first kappa shape index (κ1) is 11.1. The molecule has 0 spiro atoms. The second-order valence-electron chi connectivity index (χ2n) is 2.72. The van der Waals surface area contributed by atoms with Gasteiger partial charge >= 0.3 is 0 Å². The molecule has 0 heterocycles. The molecule has 0 saturated heterocycles. The van der Waals surface area contributed by atoms with E-state index in [0.29, 0.717) is 0 Å². The summed E-state index contributed by atoms with van der Waals surface area (Å²) in [6.45, 7) is 0. The standard InChI is InChI=1S/C16H/c1-6-12-11-13(7-2)15(9-4)16(10-5)14(12)8-3/h11H/q-5. The van der Waals surface area contributed by atoms with Crippen molar-refractivity contribution in [2.75, 3.05) is 0 Å². The van der Waals surface area contributed by atoms with E-state index in [1.807, 2.05) is 0 Å². The molecule has 1 aromatic carbocycles. The van der Waals surface area contributed by atoms with Crippen LogP contribution in [0.5, 0.6) is 0 Å². The van der Waals surface area contributed by atoms with Crippen molar-refractivity contribution >= 4 is 0 Å². The monoisotopic (exact) mass is 193 g/mol. The Bertz CT molecular complexity index is 601. The maximum atomic E-state index is 7.10. The predicted octanol–water partition coefficient (Wildman–Crippen LogP) is 1.38. The highest BCUT2D eigenvalue weighted by Gasteiger charge is 1.82. The van der Waals surface area contributed by atoms with Gasteiger partial charge in [0.2, 0.25) is 0 Å². The first-order valence-corrected chi connectivity index (χ1v) is 4.08. The van der Waals surface area contributed by atoms with Crippen LogP contribution in [0.2, 0.25) is 0 Å². The van der Waals surface area contributed by atoms with E-state index in [2.05, 4.69) is 29.6 Å². The molecule has 1 aromatic rings. The number of benzene rings is 1. The van der Waals surface area contributed by atoms with Crippen LogP contribution in [0.15, 0.2) is 6.07 Å². The summed E-state index contributed by atoms with van der Waals surface area (Å²) in [5.41, 5.74) is 0.784. The molecule has 0 aliphatic carbocycles. The molecule has 0 saturated carbocycles. The van der Waals surface area contributed by atoms with Gasteiger partial charge in [0, 0.05) is 0 Å². The first-order valence-electron chi connectivity index (χ1n) is 4.08. The Morgan fingerprint density at radius 2 is 0.938 bits per heavy atom. The molecule has 0 radical (unpaired) electrons. The molecule has 0 fully saturated rings. The van der Waals surface area contributed by atoms with Crippen LogP contribution in [0.25, 0.3) is 0 Å². The van der Waals surface area contributed by atoms with Crippen molar-refractivity contribution in [1.29, 1.82) is 0 Å². The van der Waals surface area contributed by atoms with Crippen LogP contribution in [0, 0.1) is 61.7 Å². The van der Waals surface area contributed by atoms with E-state index in [1.165, 1.54) is 6.07 Å². The van der Waals surface area contributed by atoms with E-state index in [9.17, 15) is 0 Å². The van der Waals surface area contributed by atoms with Crippen molar-refractivity contribution in [2.24, 2.45) is 0 Å². The molecule has 0 heteroatoms. The maximum Gasteiger partial charge on any atom is -0.233 e. The summed E-state index contributed by atoms with van der Waals surface area (Å²) in [5, 5.41) is 0. The highest BCUT2D eigenvalue weighted by atomic mass is 14.1. The van der Waals surface area contributed by atoms with Gasteiger partial charge in [-0.2, -0.15) is 0 Å². The summed E-state index contributed by atoms with van der Waals surface area (Å²) in [4.78, 5) is 0. The Hall–Kier alpha value is -2.98. The lowest BCUT2D eigenvalue weighted by Crippen LogP contribution is -1.98. The molecule has 0 atom stereocenters. The van der Waals surface area contributed by atoms with Gasteiger partial charge in [-0.25, -0.2) is 17.2 Å². The third kappa shape index (κ3) is 1.52. The topological polar surface area (TPSA) is 0 Å². The third-order valence-corrected chi connectivity index (χ3v) is 1.97.